The maximum atomic E-state index is 12.3. The lowest BCUT2D eigenvalue weighted by atomic mass is 9.76. The van der Waals surface area contributed by atoms with Gasteiger partial charge in [-0.3, -0.25) is 9.79 Å². The predicted octanol–water partition coefficient (Wildman–Crippen LogP) is 4.45. The highest BCUT2D eigenvalue weighted by molar-refractivity contribution is 5.89. The molecule has 0 radical (unpaired) electrons. The number of unbranched alkanes of at least 4 members (excludes halogenated alkanes) is 1. The molecule has 3 rings (SSSR count). The number of carboxylic acid groups (broad SMARTS) is 1. The number of carbonyl (C=O) groups excluding carboxylic acids is 1. The van der Waals surface area contributed by atoms with Gasteiger partial charge in [0.2, 0.25) is 6.17 Å². The summed E-state index contributed by atoms with van der Waals surface area (Å²) in [5.41, 5.74) is 1.70. The number of Topliss-reactive ketones (excluding diaryl/α,β-unsaturated/α-hetero) is 1. The molecular weight excluding hydrogens is 368 g/mol. The van der Waals surface area contributed by atoms with E-state index >= 15 is 0 Å². The molecule has 1 aliphatic heterocycles. The van der Waals surface area contributed by atoms with Crippen LogP contribution in [0.1, 0.15) is 51.9 Å². The summed E-state index contributed by atoms with van der Waals surface area (Å²) in [6.45, 7) is 2.11. The van der Waals surface area contributed by atoms with Crippen molar-refractivity contribution in [2.75, 3.05) is 12.0 Å². The molecule has 6 nitrogen and oxygen atoms in total. The number of para-hydroxylation sites is 2. The Bertz CT molecular complexity index is 794. The number of nitrogens with zero attached hydrogens (tertiary/aromatic N) is 2. The van der Waals surface area contributed by atoms with Gasteiger partial charge in [-0.15, -0.1) is 0 Å². The maximum Gasteiger partial charge on any atom is 0.349 e. The summed E-state index contributed by atoms with van der Waals surface area (Å²) >= 11 is 0. The van der Waals surface area contributed by atoms with Gasteiger partial charge < -0.3 is 14.7 Å². The lowest BCUT2D eigenvalue weighted by Crippen LogP contribution is -2.39. The van der Waals surface area contributed by atoms with Crippen molar-refractivity contribution in [3.8, 4) is 5.75 Å². The summed E-state index contributed by atoms with van der Waals surface area (Å²) in [5.74, 6) is 0.472. The SMILES string of the molecule is CCCCC(=O)C1CCC(C2=CN(c3ccccc3OC)C(C(=O)O)N=C2)CC1. The van der Waals surface area contributed by atoms with Gasteiger partial charge in [-0.1, -0.05) is 25.5 Å². The number of allylic oxidation sites excluding steroid dienone is 1. The van der Waals surface area contributed by atoms with Crippen LogP contribution in [0.3, 0.4) is 0 Å². The van der Waals surface area contributed by atoms with Gasteiger partial charge in [0.15, 0.2) is 0 Å². The Kier molecular flexibility index (Phi) is 7.07. The monoisotopic (exact) mass is 398 g/mol. The van der Waals surface area contributed by atoms with E-state index in [4.69, 9.17) is 4.74 Å². The Balaban J connectivity index is 1.76. The molecule has 1 aliphatic carbocycles. The zero-order chi connectivity index (χ0) is 20.8. The maximum absolute atomic E-state index is 12.3. The van der Waals surface area contributed by atoms with E-state index in [2.05, 4.69) is 11.9 Å². The van der Waals surface area contributed by atoms with E-state index in [-0.39, 0.29) is 5.92 Å². The number of aliphatic carboxylic acids is 1. The number of methoxy groups -OCH3 is 1. The normalized spacial score (nSPS) is 24.1. The number of aliphatic imine (C=N–C) groups is 1. The molecule has 0 aromatic heterocycles. The topological polar surface area (TPSA) is 79.2 Å². The van der Waals surface area contributed by atoms with Crippen LogP contribution in [0.4, 0.5) is 5.69 Å². The summed E-state index contributed by atoms with van der Waals surface area (Å²) in [6, 6.07) is 7.36. The average molecular weight is 399 g/mol. The minimum Gasteiger partial charge on any atom is -0.495 e. The van der Waals surface area contributed by atoms with Gasteiger partial charge in [0.05, 0.1) is 12.8 Å². The van der Waals surface area contributed by atoms with Crippen LogP contribution in [0.5, 0.6) is 5.75 Å². The van der Waals surface area contributed by atoms with Crippen molar-refractivity contribution in [3.63, 3.8) is 0 Å². The zero-order valence-electron chi connectivity index (χ0n) is 17.2. The molecule has 0 bridgehead atoms. The molecule has 2 aliphatic rings. The van der Waals surface area contributed by atoms with Crippen LogP contribution in [0.15, 0.2) is 41.0 Å². The summed E-state index contributed by atoms with van der Waals surface area (Å²) in [5, 5.41) is 9.63. The molecule has 0 saturated heterocycles. The zero-order valence-corrected chi connectivity index (χ0v) is 17.2. The van der Waals surface area contributed by atoms with Crippen molar-refractivity contribution in [3.05, 3.63) is 36.0 Å². The van der Waals surface area contributed by atoms with Crippen LogP contribution in [-0.2, 0) is 9.59 Å². The van der Waals surface area contributed by atoms with E-state index < -0.39 is 12.1 Å². The van der Waals surface area contributed by atoms with Gasteiger partial charge >= 0.3 is 5.97 Å². The number of hydrogen-bond acceptors (Lipinski definition) is 5. The van der Waals surface area contributed by atoms with Crippen LogP contribution < -0.4 is 9.64 Å². The highest BCUT2D eigenvalue weighted by Gasteiger charge is 2.32. The van der Waals surface area contributed by atoms with E-state index in [1.54, 1.807) is 18.2 Å². The average Bonchev–Trinajstić information content (AvgIpc) is 2.77. The van der Waals surface area contributed by atoms with E-state index in [1.807, 2.05) is 30.5 Å². The second-order valence-corrected chi connectivity index (χ2v) is 7.82. The van der Waals surface area contributed by atoms with Gasteiger partial charge in [-0.25, -0.2) is 4.79 Å². The van der Waals surface area contributed by atoms with Crippen LogP contribution in [0, 0.1) is 11.8 Å². The smallest absolute Gasteiger partial charge is 0.349 e. The first kappa shape index (κ1) is 21.1. The summed E-state index contributed by atoms with van der Waals surface area (Å²) < 4.78 is 5.43. The lowest BCUT2D eigenvalue weighted by Gasteiger charge is -2.34. The van der Waals surface area contributed by atoms with Crippen LogP contribution in [0.25, 0.3) is 0 Å². The van der Waals surface area contributed by atoms with Crippen LogP contribution in [0.2, 0.25) is 0 Å². The Morgan fingerprint density at radius 1 is 1.21 bits per heavy atom. The number of carbonyl (C=O) groups is 2. The van der Waals surface area contributed by atoms with Crippen molar-refractivity contribution >= 4 is 23.7 Å². The molecular formula is C23H30N2O4. The molecule has 1 unspecified atom stereocenters. The molecule has 1 N–H and O–H groups in total. The number of ketones is 1. The number of rotatable bonds is 8. The molecule has 156 valence electrons. The fourth-order valence-electron chi connectivity index (χ4n) is 4.23. The van der Waals surface area contributed by atoms with Crippen LogP contribution in [-0.4, -0.2) is 36.3 Å². The van der Waals surface area contributed by atoms with E-state index in [1.165, 1.54) is 0 Å². The standard InChI is InChI=1S/C23H30N2O4/c1-3-4-8-20(26)17-12-10-16(11-13-17)18-14-24-22(23(27)28)25(15-18)19-7-5-6-9-21(19)29-2/h5-7,9,14-17,22H,3-4,8,10-13H2,1-2H3,(H,27,28). The van der Waals surface area contributed by atoms with Gasteiger partial charge in [0.1, 0.15) is 11.5 Å². The molecule has 6 heteroatoms. The van der Waals surface area contributed by atoms with E-state index in [9.17, 15) is 14.7 Å². The van der Waals surface area contributed by atoms with E-state index in [0.717, 1.165) is 44.1 Å². The third-order valence-corrected chi connectivity index (χ3v) is 5.93. The molecule has 0 spiro atoms. The number of carboxylic acids is 1. The number of anilines is 1. The van der Waals surface area contributed by atoms with Crippen molar-refractivity contribution in [2.24, 2.45) is 16.8 Å². The van der Waals surface area contributed by atoms with Crippen molar-refractivity contribution in [2.45, 2.75) is 58.0 Å². The summed E-state index contributed by atoms with van der Waals surface area (Å²) in [7, 11) is 1.57. The quantitative estimate of drug-likeness (QED) is 0.700. The molecule has 1 aromatic carbocycles. The van der Waals surface area contributed by atoms with E-state index in [0.29, 0.717) is 29.6 Å². The molecule has 29 heavy (non-hydrogen) atoms. The third kappa shape index (κ3) is 4.86. The lowest BCUT2D eigenvalue weighted by molar-refractivity contribution is -0.138. The van der Waals surface area contributed by atoms with Gasteiger partial charge in [0, 0.05) is 24.8 Å². The van der Waals surface area contributed by atoms with Crippen molar-refractivity contribution < 1.29 is 19.4 Å². The first-order chi connectivity index (χ1) is 14.0. The van der Waals surface area contributed by atoms with Gasteiger partial charge in [-0.2, -0.15) is 0 Å². The molecule has 1 atom stereocenters. The Labute approximate surface area is 172 Å². The summed E-state index contributed by atoms with van der Waals surface area (Å²) in [6.07, 6.45) is 8.96. The fourth-order valence-corrected chi connectivity index (χ4v) is 4.23. The number of hydrogen-bond donors (Lipinski definition) is 1. The summed E-state index contributed by atoms with van der Waals surface area (Å²) in [4.78, 5) is 30.1. The fraction of sp³-hybridized carbons (Fsp3) is 0.522. The minimum atomic E-state index is -1.01. The molecule has 1 fully saturated rings. The number of benzene rings is 1. The van der Waals surface area contributed by atoms with Gasteiger partial charge in [-0.05, 0) is 55.7 Å². The molecule has 0 amide bonds. The predicted molar refractivity (Wildman–Crippen MR) is 113 cm³/mol. The first-order valence-electron chi connectivity index (χ1n) is 10.5. The molecule has 1 aromatic rings. The largest absolute Gasteiger partial charge is 0.495 e. The first-order valence-corrected chi connectivity index (χ1v) is 10.5. The van der Waals surface area contributed by atoms with Crippen LogP contribution >= 0.6 is 0 Å². The van der Waals surface area contributed by atoms with Crippen molar-refractivity contribution in [1.82, 2.24) is 0 Å². The third-order valence-electron chi connectivity index (χ3n) is 5.93. The second kappa shape index (κ2) is 9.72. The Hall–Kier alpha value is -2.63. The van der Waals surface area contributed by atoms with Gasteiger partial charge in [0.25, 0.3) is 0 Å². The second-order valence-electron chi connectivity index (χ2n) is 7.82. The molecule has 1 heterocycles. The van der Waals surface area contributed by atoms with Crippen molar-refractivity contribution in [1.29, 1.82) is 0 Å². The Morgan fingerprint density at radius 2 is 1.93 bits per heavy atom. The Morgan fingerprint density at radius 3 is 2.59 bits per heavy atom. The minimum absolute atomic E-state index is 0.177. The number of ether oxygens (including phenoxy) is 1. The highest BCUT2D eigenvalue weighted by Crippen LogP contribution is 2.37. The highest BCUT2D eigenvalue weighted by atomic mass is 16.5. The molecule has 1 saturated carbocycles.